The van der Waals surface area contributed by atoms with Crippen molar-refractivity contribution in [1.29, 1.82) is 0 Å². The number of amides is 2. The van der Waals surface area contributed by atoms with Gasteiger partial charge in [0, 0.05) is 18.3 Å². The van der Waals surface area contributed by atoms with Crippen LogP contribution in [0.5, 0.6) is 0 Å². The average Bonchev–Trinajstić information content (AvgIpc) is 3.12. The Labute approximate surface area is 164 Å². The summed E-state index contributed by atoms with van der Waals surface area (Å²) in [4.78, 5) is 26.7. The molecule has 0 radical (unpaired) electrons. The molecule has 0 aliphatic heterocycles. The summed E-state index contributed by atoms with van der Waals surface area (Å²) < 4.78 is 12.9. The van der Waals surface area contributed by atoms with E-state index in [1.807, 2.05) is 0 Å². The number of nitrogens with one attached hydrogen (secondary N) is 1. The van der Waals surface area contributed by atoms with Crippen molar-refractivity contribution in [2.24, 2.45) is 0 Å². The first-order chi connectivity index (χ1) is 13.4. The maximum absolute atomic E-state index is 12.9. The maximum atomic E-state index is 12.9. The van der Waals surface area contributed by atoms with Gasteiger partial charge in [0.15, 0.2) is 0 Å². The van der Waals surface area contributed by atoms with E-state index in [4.69, 9.17) is 11.6 Å². The van der Waals surface area contributed by atoms with Crippen LogP contribution in [0.3, 0.4) is 0 Å². The van der Waals surface area contributed by atoms with Crippen LogP contribution in [0.25, 0.3) is 11.4 Å². The average molecular weight is 403 g/mol. The van der Waals surface area contributed by atoms with Gasteiger partial charge in [0.05, 0.1) is 11.6 Å². The molecule has 2 aromatic carbocycles. The quantitative estimate of drug-likeness (QED) is 0.682. The molecule has 8 nitrogen and oxygen atoms in total. The normalized spacial score (nSPS) is 10.5. The van der Waals surface area contributed by atoms with Crippen LogP contribution in [0.4, 0.5) is 10.1 Å². The summed E-state index contributed by atoms with van der Waals surface area (Å²) in [7, 11) is 1.48. The molecule has 28 heavy (non-hydrogen) atoms. The molecule has 3 aromatic rings. The number of halogens is 2. The monoisotopic (exact) mass is 402 g/mol. The summed E-state index contributed by atoms with van der Waals surface area (Å²) in [6, 6.07) is 12.4. The fraction of sp³-hybridized carbons (Fsp3) is 0.167. The van der Waals surface area contributed by atoms with E-state index in [2.05, 4.69) is 20.7 Å². The standard InChI is InChI=1S/C18H16ClFN6O2/c1-25(10-16(27)21-13-8-6-12(20)7-9-13)17(28)11-26-23-18(22-24-26)14-4-2-3-5-15(14)19/h2-9H,10-11H2,1H3,(H,21,27). The highest BCUT2D eigenvalue weighted by molar-refractivity contribution is 6.33. The molecule has 0 fully saturated rings. The van der Waals surface area contributed by atoms with Gasteiger partial charge in [0.25, 0.3) is 0 Å². The number of carbonyl (C=O) groups excluding carboxylic acids is 2. The van der Waals surface area contributed by atoms with E-state index in [1.54, 1.807) is 24.3 Å². The van der Waals surface area contributed by atoms with Crippen LogP contribution in [-0.2, 0) is 16.1 Å². The van der Waals surface area contributed by atoms with Crippen molar-refractivity contribution in [3.63, 3.8) is 0 Å². The molecule has 1 aromatic heterocycles. The Morgan fingerprint density at radius 3 is 2.61 bits per heavy atom. The Bertz CT molecular complexity index is 992. The van der Waals surface area contributed by atoms with Gasteiger partial charge in [-0.1, -0.05) is 23.7 Å². The molecule has 0 aliphatic rings. The SMILES string of the molecule is CN(CC(=O)Nc1ccc(F)cc1)C(=O)Cn1nnc(-c2ccccc2Cl)n1. The maximum Gasteiger partial charge on any atom is 0.246 e. The summed E-state index contributed by atoms with van der Waals surface area (Å²) in [5.41, 5.74) is 1.05. The van der Waals surface area contributed by atoms with E-state index in [0.29, 0.717) is 22.1 Å². The third kappa shape index (κ3) is 4.89. The molecule has 144 valence electrons. The van der Waals surface area contributed by atoms with Crippen LogP contribution in [-0.4, -0.2) is 50.5 Å². The van der Waals surface area contributed by atoms with Crippen molar-refractivity contribution >= 4 is 29.1 Å². The van der Waals surface area contributed by atoms with Crippen LogP contribution < -0.4 is 5.32 Å². The van der Waals surface area contributed by atoms with E-state index in [0.717, 1.165) is 4.80 Å². The zero-order chi connectivity index (χ0) is 20.1. The minimum absolute atomic E-state index is 0.178. The Hall–Kier alpha value is -3.33. The van der Waals surface area contributed by atoms with Crippen molar-refractivity contribution < 1.29 is 14.0 Å². The second kappa shape index (κ2) is 8.57. The summed E-state index contributed by atoms with van der Waals surface area (Å²) >= 11 is 6.10. The third-order valence-electron chi connectivity index (χ3n) is 3.78. The van der Waals surface area contributed by atoms with Gasteiger partial charge in [-0.05, 0) is 41.6 Å². The Morgan fingerprint density at radius 1 is 1.18 bits per heavy atom. The fourth-order valence-corrected chi connectivity index (χ4v) is 2.56. The van der Waals surface area contributed by atoms with Crippen molar-refractivity contribution in [3.05, 3.63) is 59.4 Å². The first-order valence-electron chi connectivity index (χ1n) is 8.24. The van der Waals surface area contributed by atoms with Crippen LogP contribution in [0.2, 0.25) is 5.02 Å². The molecule has 1 heterocycles. The summed E-state index contributed by atoms with van der Waals surface area (Å²) in [5.74, 6) is -0.889. The van der Waals surface area contributed by atoms with Gasteiger partial charge in [-0.3, -0.25) is 9.59 Å². The lowest BCUT2D eigenvalue weighted by Gasteiger charge is -2.16. The molecular formula is C18H16ClFN6O2. The molecule has 0 bridgehead atoms. The zero-order valence-electron chi connectivity index (χ0n) is 14.8. The number of hydrogen-bond donors (Lipinski definition) is 1. The summed E-state index contributed by atoms with van der Waals surface area (Å²) in [6.07, 6.45) is 0. The molecule has 0 saturated heterocycles. The van der Waals surface area contributed by atoms with Gasteiger partial charge < -0.3 is 10.2 Å². The predicted octanol–water partition coefficient (Wildman–Crippen LogP) is 2.23. The van der Waals surface area contributed by atoms with Crippen LogP contribution in [0, 0.1) is 5.82 Å². The minimum Gasteiger partial charge on any atom is -0.335 e. The second-order valence-electron chi connectivity index (χ2n) is 5.93. The number of hydrogen-bond acceptors (Lipinski definition) is 5. The number of rotatable bonds is 6. The van der Waals surface area contributed by atoms with Crippen LogP contribution in [0.1, 0.15) is 0 Å². The van der Waals surface area contributed by atoms with Gasteiger partial charge in [-0.25, -0.2) is 4.39 Å². The molecule has 0 spiro atoms. The molecule has 0 unspecified atom stereocenters. The molecular weight excluding hydrogens is 387 g/mol. The number of aromatic nitrogens is 4. The van der Waals surface area contributed by atoms with Gasteiger partial charge in [-0.15, -0.1) is 10.2 Å². The van der Waals surface area contributed by atoms with Gasteiger partial charge in [0.2, 0.25) is 17.6 Å². The topological polar surface area (TPSA) is 93.0 Å². The summed E-state index contributed by atoms with van der Waals surface area (Å²) in [5, 5.41) is 15.0. The molecule has 10 heteroatoms. The Balaban J connectivity index is 1.56. The molecule has 0 aliphatic carbocycles. The second-order valence-corrected chi connectivity index (χ2v) is 6.34. The highest BCUT2D eigenvalue weighted by atomic mass is 35.5. The van der Waals surface area contributed by atoms with E-state index < -0.39 is 11.7 Å². The lowest BCUT2D eigenvalue weighted by atomic mass is 10.2. The zero-order valence-corrected chi connectivity index (χ0v) is 15.6. The molecule has 2 amide bonds. The van der Waals surface area contributed by atoms with Crippen molar-refractivity contribution in [1.82, 2.24) is 25.1 Å². The first-order valence-corrected chi connectivity index (χ1v) is 8.62. The molecule has 0 saturated carbocycles. The van der Waals surface area contributed by atoms with Gasteiger partial charge in [0.1, 0.15) is 12.4 Å². The largest absolute Gasteiger partial charge is 0.335 e. The lowest BCUT2D eigenvalue weighted by Crippen LogP contribution is -2.37. The van der Waals surface area contributed by atoms with E-state index in [9.17, 15) is 14.0 Å². The highest BCUT2D eigenvalue weighted by Crippen LogP contribution is 2.23. The first kappa shape index (κ1) is 19.4. The third-order valence-corrected chi connectivity index (χ3v) is 4.11. The molecule has 3 rings (SSSR count). The van der Waals surface area contributed by atoms with E-state index in [1.165, 1.54) is 36.2 Å². The van der Waals surface area contributed by atoms with E-state index >= 15 is 0 Å². The number of anilines is 1. The number of nitrogens with zero attached hydrogens (tertiary/aromatic N) is 5. The summed E-state index contributed by atoms with van der Waals surface area (Å²) in [6.45, 7) is -0.361. The number of likely N-dealkylation sites (N-methyl/N-ethyl adjacent to an activating group) is 1. The Kier molecular flexibility index (Phi) is 5.95. The minimum atomic E-state index is -0.411. The van der Waals surface area contributed by atoms with Crippen molar-refractivity contribution in [3.8, 4) is 11.4 Å². The number of benzene rings is 2. The highest BCUT2D eigenvalue weighted by Gasteiger charge is 2.16. The smallest absolute Gasteiger partial charge is 0.246 e. The van der Waals surface area contributed by atoms with E-state index in [-0.39, 0.29) is 19.0 Å². The van der Waals surface area contributed by atoms with Crippen molar-refractivity contribution in [2.45, 2.75) is 6.54 Å². The van der Waals surface area contributed by atoms with Gasteiger partial charge >= 0.3 is 0 Å². The predicted molar refractivity (Wildman–Crippen MR) is 101 cm³/mol. The van der Waals surface area contributed by atoms with Crippen molar-refractivity contribution in [2.75, 3.05) is 18.9 Å². The lowest BCUT2D eigenvalue weighted by molar-refractivity contribution is -0.134. The molecule has 1 N–H and O–H groups in total. The van der Waals surface area contributed by atoms with Crippen LogP contribution in [0.15, 0.2) is 48.5 Å². The Morgan fingerprint density at radius 2 is 1.89 bits per heavy atom. The van der Waals surface area contributed by atoms with Gasteiger partial charge in [-0.2, -0.15) is 4.80 Å². The number of tetrazole rings is 1. The number of carbonyl (C=O) groups is 2. The molecule has 0 atom stereocenters. The fourth-order valence-electron chi connectivity index (χ4n) is 2.34. The van der Waals surface area contributed by atoms with Crippen LogP contribution >= 0.6 is 11.6 Å².